The lowest BCUT2D eigenvalue weighted by molar-refractivity contribution is -0.143. The van der Waals surface area contributed by atoms with Crippen molar-refractivity contribution in [3.63, 3.8) is 0 Å². The zero-order valence-corrected chi connectivity index (χ0v) is 55.8. The zero-order chi connectivity index (χ0) is 59.2. The number of ether oxygens (including phenoxy) is 1. The highest BCUT2D eigenvalue weighted by atomic mass is 16.5. The van der Waals surface area contributed by atoms with Gasteiger partial charge in [0.25, 0.3) is 0 Å². The van der Waals surface area contributed by atoms with Gasteiger partial charge in [0, 0.05) is 12.8 Å². The number of unbranched alkanes of at least 4 members (excludes halogenated alkanes) is 56. The standard InChI is InChI=1S/C76H147NO5/c1-3-5-7-9-11-13-15-17-19-21-33-37-40-44-48-52-56-60-64-68-74(79)73(72-78)77-75(80)69-65-61-57-53-49-45-41-38-34-31-29-27-25-23-22-24-26-28-30-32-35-39-43-47-51-55-59-63-67-71-82-76(81)70-66-62-58-54-50-46-42-36-20-18-16-14-12-10-8-6-4-2/h12,14,18,20,73-74,78-79H,3-11,13,15-17,19,21-72H2,1-2H3,(H,77,80)/b14-12-,20-18-. The molecule has 6 heteroatoms. The summed E-state index contributed by atoms with van der Waals surface area (Å²) in [4.78, 5) is 24.6. The quantitative estimate of drug-likeness (QED) is 0.0320. The maximum Gasteiger partial charge on any atom is 0.305 e. The molecule has 0 saturated carbocycles. The molecule has 0 heterocycles. The minimum atomic E-state index is -0.662. The molecule has 486 valence electrons. The van der Waals surface area contributed by atoms with E-state index in [0.29, 0.717) is 25.9 Å². The number of hydrogen-bond acceptors (Lipinski definition) is 5. The van der Waals surface area contributed by atoms with Crippen LogP contribution in [0, 0.1) is 0 Å². The molecule has 0 radical (unpaired) electrons. The fraction of sp³-hybridized carbons (Fsp3) is 0.921. The summed E-state index contributed by atoms with van der Waals surface area (Å²) in [5.74, 6) is -0.0143. The Labute approximate surface area is 513 Å². The number of carbonyl (C=O) groups excluding carboxylic acids is 2. The summed E-state index contributed by atoms with van der Waals surface area (Å²) in [5.41, 5.74) is 0. The van der Waals surface area contributed by atoms with E-state index in [1.165, 1.54) is 340 Å². The summed E-state index contributed by atoms with van der Waals surface area (Å²) in [7, 11) is 0. The Kier molecular flexibility index (Phi) is 70.4. The summed E-state index contributed by atoms with van der Waals surface area (Å²) >= 11 is 0. The van der Waals surface area contributed by atoms with Gasteiger partial charge in [-0.3, -0.25) is 9.59 Å². The molecule has 2 atom stereocenters. The molecule has 6 nitrogen and oxygen atoms in total. The molecule has 0 bridgehead atoms. The average Bonchev–Trinajstić information content (AvgIpc) is 3.48. The van der Waals surface area contributed by atoms with Crippen LogP contribution in [-0.4, -0.2) is 47.4 Å². The molecule has 0 aromatic carbocycles. The number of rotatable bonds is 71. The first-order valence-electron chi connectivity index (χ1n) is 37.6. The molecule has 0 aliphatic heterocycles. The number of carbonyl (C=O) groups is 2. The van der Waals surface area contributed by atoms with Gasteiger partial charge in [-0.1, -0.05) is 378 Å². The van der Waals surface area contributed by atoms with Gasteiger partial charge in [-0.2, -0.15) is 0 Å². The van der Waals surface area contributed by atoms with Crippen LogP contribution in [0.4, 0.5) is 0 Å². The number of allylic oxidation sites excluding steroid dienone is 4. The Morgan fingerprint density at radius 2 is 0.610 bits per heavy atom. The molecule has 0 saturated heterocycles. The highest BCUT2D eigenvalue weighted by molar-refractivity contribution is 5.76. The van der Waals surface area contributed by atoms with E-state index in [9.17, 15) is 19.8 Å². The van der Waals surface area contributed by atoms with E-state index in [2.05, 4.69) is 43.5 Å². The van der Waals surface area contributed by atoms with E-state index in [4.69, 9.17) is 4.74 Å². The van der Waals surface area contributed by atoms with Gasteiger partial charge in [0.2, 0.25) is 5.91 Å². The number of aliphatic hydroxyl groups excluding tert-OH is 2. The molecular formula is C76H147NO5. The van der Waals surface area contributed by atoms with Crippen LogP contribution in [0.1, 0.15) is 425 Å². The lowest BCUT2D eigenvalue weighted by atomic mass is 10.0. The van der Waals surface area contributed by atoms with Crippen molar-refractivity contribution in [3.8, 4) is 0 Å². The summed E-state index contributed by atoms with van der Waals surface area (Å²) in [6.45, 7) is 4.97. The first kappa shape index (κ1) is 80.3. The molecule has 0 rings (SSSR count). The zero-order valence-electron chi connectivity index (χ0n) is 55.8. The molecule has 0 aromatic rings. The monoisotopic (exact) mass is 1150 g/mol. The second-order valence-corrected chi connectivity index (χ2v) is 26.0. The SMILES string of the molecule is CCCCC/C=C\C/C=C\CCCCCCCCCC(=O)OCCCCCCCCCCCCCCCCCCCCCCCCCCCCCCCC(=O)NC(CO)C(O)CCCCCCCCCCCCCCCCCCCCC. The fourth-order valence-electron chi connectivity index (χ4n) is 12.0. The highest BCUT2D eigenvalue weighted by Crippen LogP contribution is 2.20. The number of aliphatic hydroxyl groups is 2. The highest BCUT2D eigenvalue weighted by Gasteiger charge is 2.20. The maximum atomic E-state index is 12.5. The van der Waals surface area contributed by atoms with Crippen LogP contribution in [0.5, 0.6) is 0 Å². The molecule has 0 aliphatic rings. The summed E-state index contributed by atoms with van der Waals surface area (Å²) in [5, 5.41) is 23.4. The van der Waals surface area contributed by atoms with Gasteiger partial charge in [0.15, 0.2) is 0 Å². The van der Waals surface area contributed by atoms with Crippen molar-refractivity contribution in [2.75, 3.05) is 13.2 Å². The maximum absolute atomic E-state index is 12.5. The van der Waals surface area contributed by atoms with Crippen LogP contribution in [0.15, 0.2) is 24.3 Å². The molecule has 0 spiro atoms. The topological polar surface area (TPSA) is 95.9 Å². The van der Waals surface area contributed by atoms with Gasteiger partial charge in [-0.25, -0.2) is 0 Å². The molecule has 1 amide bonds. The van der Waals surface area contributed by atoms with Crippen molar-refractivity contribution in [2.45, 2.75) is 437 Å². The van der Waals surface area contributed by atoms with E-state index in [1.54, 1.807) is 0 Å². The number of nitrogens with one attached hydrogen (secondary N) is 1. The van der Waals surface area contributed by atoms with Crippen LogP contribution in [0.3, 0.4) is 0 Å². The fourth-order valence-corrected chi connectivity index (χ4v) is 12.0. The van der Waals surface area contributed by atoms with Crippen molar-refractivity contribution < 1.29 is 24.5 Å². The first-order valence-corrected chi connectivity index (χ1v) is 37.6. The second-order valence-electron chi connectivity index (χ2n) is 26.0. The largest absolute Gasteiger partial charge is 0.466 e. The number of amides is 1. The minimum absolute atomic E-state index is 0.0126. The predicted molar refractivity (Wildman–Crippen MR) is 361 cm³/mol. The molecule has 0 fully saturated rings. The van der Waals surface area contributed by atoms with Crippen molar-refractivity contribution in [1.29, 1.82) is 0 Å². The van der Waals surface area contributed by atoms with Gasteiger partial charge in [-0.05, 0) is 57.8 Å². The summed E-state index contributed by atoms with van der Waals surface area (Å²) in [6, 6.07) is -0.539. The molecule has 0 aromatic heterocycles. The van der Waals surface area contributed by atoms with Crippen LogP contribution in [-0.2, 0) is 14.3 Å². The molecule has 3 N–H and O–H groups in total. The van der Waals surface area contributed by atoms with E-state index in [-0.39, 0.29) is 18.5 Å². The molecule has 0 aliphatic carbocycles. The normalized spacial score (nSPS) is 12.6. The summed E-state index contributed by atoms with van der Waals surface area (Å²) in [6.07, 6.45) is 91.0. The Bertz CT molecular complexity index is 1280. The average molecular weight is 1160 g/mol. The van der Waals surface area contributed by atoms with Crippen LogP contribution >= 0.6 is 0 Å². The van der Waals surface area contributed by atoms with Crippen molar-refractivity contribution in [1.82, 2.24) is 5.32 Å². The Morgan fingerprint density at radius 3 is 0.951 bits per heavy atom. The van der Waals surface area contributed by atoms with Crippen molar-refractivity contribution in [2.24, 2.45) is 0 Å². The molecule has 82 heavy (non-hydrogen) atoms. The smallest absolute Gasteiger partial charge is 0.305 e. The second kappa shape index (κ2) is 71.8. The van der Waals surface area contributed by atoms with E-state index < -0.39 is 12.1 Å². The third-order valence-electron chi connectivity index (χ3n) is 17.8. The Hall–Kier alpha value is -1.66. The van der Waals surface area contributed by atoms with E-state index in [0.717, 1.165) is 51.4 Å². The van der Waals surface area contributed by atoms with Gasteiger partial charge >= 0.3 is 5.97 Å². The Balaban J connectivity index is 3.33. The summed E-state index contributed by atoms with van der Waals surface area (Å²) < 4.78 is 5.50. The van der Waals surface area contributed by atoms with Crippen LogP contribution in [0.2, 0.25) is 0 Å². The van der Waals surface area contributed by atoms with Gasteiger partial charge in [0.1, 0.15) is 0 Å². The predicted octanol–water partition coefficient (Wildman–Crippen LogP) is 24.5. The van der Waals surface area contributed by atoms with Crippen LogP contribution < -0.4 is 5.32 Å². The first-order chi connectivity index (χ1) is 40.5. The molecule has 2 unspecified atom stereocenters. The lowest BCUT2D eigenvalue weighted by Crippen LogP contribution is -2.45. The van der Waals surface area contributed by atoms with Gasteiger partial charge in [0.05, 0.1) is 25.4 Å². The van der Waals surface area contributed by atoms with Crippen molar-refractivity contribution in [3.05, 3.63) is 24.3 Å². The van der Waals surface area contributed by atoms with Crippen LogP contribution in [0.25, 0.3) is 0 Å². The third kappa shape index (κ3) is 67.5. The van der Waals surface area contributed by atoms with Crippen molar-refractivity contribution >= 4 is 11.9 Å². The van der Waals surface area contributed by atoms with Gasteiger partial charge < -0.3 is 20.3 Å². The number of hydrogen-bond donors (Lipinski definition) is 3. The Morgan fingerprint density at radius 1 is 0.341 bits per heavy atom. The third-order valence-corrected chi connectivity index (χ3v) is 17.8. The van der Waals surface area contributed by atoms with Gasteiger partial charge in [-0.15, -0.1) is 0 Å². The van der Waals surface area contributed by atoms with E-state index >= 15 is 0 Å². The van der Waals surface area contributed by atoms with E-state index in [1.807, 2.05) is 0 Å². The molecular weight excluding hydrogens is 1010 g/mol. The lowest BCUT2D eigenvalue weighted by Gasteiger charge is -2.22. The minimum Gasteiger partial charge on any atom is -0.466 e. The number of esters is 1.